The average molecular weight is 180 g/mol. The summed E-state index contributed by atoms with van der Waals surface area (Å²) < 4.78 is 16.9. The summed E-state index contributed by atoms with van der Waals surface area (Å²) in [6.07, 6.45) is 0.181. The number of hydrogen-bond acceptors (Lipinski definition) is 3. The van der Waals surface area contributed by atoms with Crippen LogP contribution in [0.1, 0.15) is 5.56 Å². The van der Waals surface area contributed by atoms with E-state index in [4.69, 9.17) is 10.9 Å². The molecule has 1 aliphatic rings. The summed E-state index contributed by atoms with van der Waals surface area (Å²) in [5, 5.41) is 0. The fraction of sp³-hybridized carbons (Fsp3) is 0.222. The van der Waals surface area contributed by atoms with Crippen LogP contribution in [0.5, 0.6) is 11.5 Å². The molecule has 0 aromatic heterocycles. The highest BCUT2D eigenvalue weighted by atomic mass is 16.7. The zero-order valence-corrected chi connectivity index (χ0v) is 6.87. The second-order valence-corrected chi connectivity index (χ2v) is 2.79. The molecule has 4 nitrogen and oxygen atoms in total. The van der Waals surface area contributed by atoms with Gasteiger partial charge in [-0.25, -0.2) is 0 Å². The Morgan fingerprint density at radius 3 is 3.23 bits per heavy atom. The van der Waals surface area contributed by atoms with E-state index in [2.05, 4.69) is 0 Å². The minimum atomic E-state index is -0.344. The van der Waals surface area contributed by atoms with Gasteiger partial charge in [0.25, 0.3) is 0 Å². The molecule has 0 saturated carbocycles. The molecule has 0 fully saturated rings. The molecule has 0 aliphatic carbocycles. The summed E-state index contributed by atoms with van der Waals surface area (Å²) in [6, 6.07) is 5.29. The Kier molecular flexibility index (Phi) is 1.55. The van der Waals surface area contributed by atoms with Gasteiger partial charge in [-0.3, -0.25) is 4.79 Å². The zero-order valence-electron chi connectivity index (χ0n) is 7.87. The Morgan fingerprint density at radius 2 is 2.38 bits per heavy atom. The molecule has 0 bridgehead atoms. The molecule has 4 heteroatoms. The molecule has 2 rings (SSSR count). The zero-order chi connectivity index (χ0) is 9.97. The summed E-state index contributed by atoms with van der Waals surface area (Å²) in [6.45, 7) is 0.226. The van der Waals surface area contributed by atoms with Gasteiger partial charge >= 0.3 is 0 Å². The first-order valence-corrected chi connectivity index (χ1v) is 3.88. The molecule has 1 aromatic rings. The lowest BCUT2D eigenvalue weighted by molar-refractivity contribution is -0.117. The van der Waals surface area contributed by atoms with Gasteiger partial charge in [0, 0.05) is 0 Å². The highest BCUT2D eigenvalue weighted by molar-refractivity contribution is 5.76. The Morgan fingerprint density at radius 1 is 1.54 bits per heavy atom. The molecule has 0 spiro atoms. The maximum absolute atomic E-state index is 10.9. The molecule has 2 N–H and O–H groups in total. The van der Waals surface area contributed by atoms with Crippen LogP contribution >= 0.6 is 0 Å². The molecule has 1 aliphatic heterocycles. The standard InChI is InChI=1S/C9H9NO3/c10-9(11)4-6-1-2-7-8(3-6)13-5-12-7/h1-3H,4-5H2,(H2,10,11)/i/hD. The van der Waals surface area contributed by atoms with E-state index in [-0.39, 0.29) is 19.1 Å². The van der Waals surface area contributed by atoms with E-state index in [0.717, 1.165) is 5.56 Å². The first-order valence-electron chi connectivity index (χ1n) is 4.38. The molecular formula is C9H9NO3. The highest BCUT2D eigenvalue weighted by Crippen LogP contribution is 2.32. The molecule has 1 amide bonds. The molecule has 0 unspecified atom stereocenters. The minimum Gasteiger partial charge on any atom is -0.454 e. The van der Waals surface area contributed by atoms with E-state index >= 15 is 0 Å². The van der Waals surface area contributed by atoms with Crippen LogP contribution in [0, 0.1) is 0 Å². The van der Waals surface area contributed by atoms with Gasteiger partial charge < -0.3 is 15.2 Å². The van der Waals surface area contributed by atoms with Crippen molar-refractivity contribution in [1.29, 1.82) is 0 Å². The number of carbonyl (C=O) groups is 1. The molecular weight excluding hydrogens is 170 g/mol. The van der Waals surface area contributed by atoms with Crippen molar-refractivity contribution in [2.75, 3.05) is 6.79 Å². The monoisotopic (exact) mass is 180 g/mol. The fourth-order valence-electron chi connectivity index (χ4n) is 1.24. The van der Waals surface area contributed by atoms with Gasteiger partial charge in [-0.15, -0.1) is 0 Å². The van der Waals surface area contributed by atoms with Crippen LogP contribution in [0.2, 0.25) is 1.41 Å². The number of amides is 1. The van der Waals surface area contributed by atoms with Crippen molar-refractivity contribution in [1.82, 2.24) is 0 Å². The van der Waals surface area contributed by atoms with Crippen LogP contribution in [0.4, 0.5) is 0 Å². The van der Waals surface area contributed by atoms with Gasteiger partial charge in [0.15, 0.2) is 12.9 Å². The smallest absolute Gasteiger partial charge is 0.231 e. The summed E-state index contributed by atoms with van der Waals surface area (Å²) in [5.74, 6) is 1.00. The molecule has 1 heterocycles. The molecule has 0 atom stereocenters. The number of primary amides is 1. The summed E-state index contributed by atoms with van der Waals surface area (Å²) in [5.41, 5.74) is 2.62. The first-order chi connectivity index (χ1) is 6.79. The van der Waals surface area contributed by atoms with E-state index in [1.165, 1.54) is 0 Å². The third-order valence-corrected chi connectivity index (χ3v) is 1.80. The van der Waals surface area contributed by atoms with Crippen molar-refractivity contribution >= 4 is 5.91 Å². The van der Waals surface area contributed by atoms with Crippen molar-refractivity contribution in [2.45, 2.75) is 6.42 Å². The van der Waals surface area contributed by atoms with Gasteiger partial charge in [0.1, 0.15) is 0 Å². The second kappa shape index (κ2) is 2.97. The number of hydrogen-bond donors (Lipinski definition) is 1. The van der Waals surface area contributed by atoms with Crippen molar-refractivity contribution < 1.29 is 15.7 Å². The van der Waals surface area contributed by atoms with Gasteiger partial charge in [-0.1, -0.05) is 6.07 Å². The molecule has 0 radical (unpaired) electrons. The number of nitrogens with two attached hydrogens (primary N) is 1. The summed E-state index contributed by atoms with van der Waals surface area (Å²) >= 11 is 0. The molecule has 13 heavy (non-hydrogen) atoms. The predicted molar refractivity (Wildman–Crippen MR) is 45.5 cm³/mol. The van der Waals surface area contributed by atoms with Crippen molar-refractivity contribution in [3.8, 4) is 11.5 Å². The minimum absolute atomic E-state index is 0.181. The molecule has 68 valence electrons. The van der Waals surface area contributed by atoms with Crippen LogP contribution in [-0.2, 0) is 11.2 Å². The third-order valence-electron chi connectivity index (χ3n) is 1.80. The highest BCUT2D eigenvalue weighted by Gasteiger charge is 2.13. The van der Waals surface area contributed by atoms with Gasteiger partial charge in [-0.2, -0.15) is 0 Å². The fourth-order valence-corrected chi connectivity index (χ4v) is 1.24. The number of benzene rings is 1. The Balaban J connectivity index is 2.16. The summed E-state index contributed by atoms with van der Waals surface area (Å²) in [4.78, 5) is 10.9. The third kappa shape index (κ3) is 1.56. The van der Waals surface area contributed by atoms with Crippen LogP contribution in [0.15, 0.2) is 18.2 Å². The number of rotatable bonds is 2. The van der Waals surface area contributed by atoms with Crippen LogP contribution in [0.3, 0.4) is 0 Å². The Labute approximate surface area is 76.7 Å². The van der Waals surface area contributed by atoms with Gasteiger partial charge in [-0.05, 0) is 17.7 Å². The Hall–Kier alpha value is -1.71. The number of carbonyl (C=O) groups excluding carboxylic acids is 1. The van der Waals surface area contributed by atoms with E-state index in [9.17, 15) is 4.79 Å². The number of ether oxygens (including phenoxy) is 2. The van der Waals surface area contributed by atoms with E-state index in [1.54, 1.807) is 18.2 Å². The van der Waals surface area contributed by atoms with E-state index < -0.39 is 0 Å². The van der Waals surface area contributed by atoms with E-state index in [1.807, 2.05) is 5.73 Å². The second-order valence-electron chi connectivity index (χ2n) is 2.79. The largest absolute Gasteiger partial charge is 0.454 e. The van der Waals surface area contributed by atoms with Gasteiger partial charge in [0.05, 0.1) is 6.42 Å². The number of fused-ring (bicyclic) bond motifs is 1. The Bertz CT molecular complexity index is 367. The van der Waals surface area contributed by atoms with Crippen molar-refractivity contribution in [3.05, 3.63) is 23.8 Å². The average Bonchev–Trinajstić information content (AvgIpc) is 2.64. The topological polar surface area (TPSA) is 61.6 Å². The molecule has 1 aromatic carbocycles. The lowest BCUT2D eigenvalue weighted by Crippen LogP contribution is -2.13. The maximum atomic E-state index is 10.9. The van der Waals surface area contributed by atoms with Gasteiger partial charge in [0.2, 0.25) is 12.7 Å². The summed E-state index contributed by atoms with van der Waals surface area (Å²) in [7, 11) is 0. The first kappa shape index (κ1) is 6.77. The van der Waals surface area contributed by atoms with Crippen LogP contribution in [0.25, 0.3) is 0 Å². The van der Waals surface area contributed by atoms with Crippen LogP contribution in [-0.4, -0.2) is 12.7 Å². The SMILES string of the molecule is [2H]NC(=O)Cc1ccc2c(c1)OCO2. The van der Waals surface area contributed by atoms with E-state index in [0.29, 0.717) is 11.5 Å². The maximum Gasteiger partial charge on any atom is 0.231 e. The molecule has 0 saturated heterocycles. The van der Waals surface area contributed by atoms with Crippen molar-refractivity contribution in [3.63, 3.8) is 0 Å². The quantitative estimate of drug-likeness (QED) is 0.718. The van der Waals surface area contributed by atoms with Crippen LogP contribution < -0.4 is 15.2 Å². The van der Waals surface area contributed by atoms with Crippen molar-refractivity contribution in [2.24, 2.45) is 5.73 Å². The predicted octanol–water partition coefficient (Wildman–Crippen LogP) is 0.443. The normalized spacial score (nSPS) is 13.7. The lowest BCUT2D eigenvalue weighted by Gasteiger charge is -1.99. The lowest BCUT2D eigenvalue weighted by atomic mass is 10.1.